The van der Waals surface area contributed by atoms with Crippen LogP contribution in [0.4, 0.5) is 4.39 Å². The zero-order valence-corrected chi connectivity index (χ0v) is 9.50. The molecule has 16 heavy (non-hydrogen) atoms. The van der Waals surface area contributed by atoms with Crippen molar-refractivity contribution in [3.05, 3.63) is 35.7 Å². The first-order chi connectivity index (χ1) is 7.77. The van der Waals surface area contributed by atoms with Crippen LogP contribution in [0.5, 0.6) is 5.75 Å². The van der Waals surface area contributed by atoms with E-state index in [1.807, 2.05) is 13.1 Å². The Hall–Kier alpha value is -1.39. The number of nitrogens with one attached hydrogen (secondary N) is 1. The average molecular weight is 225 g/mol. The summed E-state index contributed by atoms with van der Waals surface area (Å²) in [5, 5.41) is 2.95. The Balaban J connectivity index is 2.67. The van der Waals surface area contributed by atoms with E-state index in [2.05, 4.69) is 5.32 Å². The van der Waals surface area contributed by atoms with Gasteiger partial charge in [-0.25, -0.2) is 4.39 Å². The second-order valence-electron chi connectivity index (χ2n) is 3.19. The number of hydrogen-bond donors (Lipinski definition) is 1. The van der Waals surface area contributed by atoms with Crippen LogP contribution >= 0.6 is 0 Å². The lowest BCUT2D eigenvalue weighted by molar-refractivity contribution is 0.0509. The predicted octanol–water partition coefficient (Wildman–Crippen LogP) is 2.04. The Labute approximate surface area is 94.9 Å². The van der Waals surface area contributed by atoms with Gasteiger partial charge in [-0.1, -0.05) is 12.2 Å². The van der Waals surface area contributed by atoms with Crippen LogP contribution in [-0.4, -0.2) is 27.5 Å². The summed E-state index contributed by atoms with van der Waals surface area (Å²) < 4.78 is 23.4. The normalized spacial score (nSPS) is 10.9. The first-order valence-corrected chi connectivity index (χ1v) is 5.00. The second kappa shape index (κ2) is 6.98. The van der Waals surface area contributed by atoms with Crippen molar-refractivity contribution >= 4 is 6.08 Å². The molecule has 1 rings (SSSR count). The van der Waals surface area contributed by atoms with E-state index in [4.69, 9.17) is 9.47 Å². The molecular formula is C12H16FNO2. The molecule has 0 aromatic heterocycles. The highest BCUT2D eigenvalue weighted by Gasteiger charge is 2.01. The van der Waals surface area contributed by atoms with E-state index in [-0.39, 0.29) is 12.6 Å². The van der Waals surface area contributed by atoms with Gasteiger partial charge in [0.25, 0.3) is 0 Å². The molecule has 3 nitrogen and oxygen atoms in total. The molecule has 4 heteroatoms. The van der Waals surface area contributed by atoms with Crippen molar-refractivity contribution < 1.29 is 13.9 Å². The van der Waals surface area contributed by atoms with Crippen LogP contribution in [0.25, 0.3) is 6.08 Å². The summed E-state index contributed by atoms with van der Waals surface area (Å²) in [6, 6.07) is 4.73. The Morgan fingerprint density at radius 1 is 1.44 bits per heavy atom. The van der Waals surface area contributed by atoms with Gasteiger partial charge in [0.15, 0.2) is 6.79 Å². The quantitative estimate of drug-likeness (QED) is 0.751. The molecule has 0 aliphatic rings. The molecule has 1 N–H and O–H groups in total. The minimum absolute atomic E-state index is 0.119. The molecule has 0 unspecified atom stereocenters. The van der Waals surface area contributed by atoms with Gasteiger partial charge in [0.2, 0.25) is 0 Å². The Morgan fingerprint density at radius 2 is 2.25 bits per heavy atom. The number of likely N-dealkylation sites (N-methyl/N-ethyl adjacent to an activating group) is 1. The monoisotopic (exact) mass is 225 g/mol. The number of ether oxygens (including phenoxy) is 2. The van der Waals surface area contributed by atoms with Crippen LogP contribution in [-0.2, 0) is 4.74 Å². The number of halogens is 1. The number of rotatable bonds is 6. The fraction of sp³-hybridized carbons (Fsp3) is 0.333. The van der Waals surface area contributed by atoms with Crippen LogP contribution in [0.15, 0.2) is 24.3 Å². The molecule has 0 spiro atoms. The minimum atomic E-state index is -0.305. The van der Waals surface area contributed by atoms with E-state index in [9.17, 15) is 4.39 Å². The van der Waals surface area contributed by atoms with E-state index in [0.717, 1.165) is 0 Å². The standard InChI is InChI=1S/C12H16FNO2/c1-14-7-3-4-10-5-6-11(8-12(10)13)16-9-15-2/h3-6,8,14H,7,9H2,1-2H3. The van der Waals surface area contributed by atoms with Gasteiger partial charge in [-0.3, -0.25) is 0 Å². The molecule has 0 atom stereocenters. The fourth-order valence-electron chi connectivity index (χ4n) is 1.16. The molecule has 0 saturated carbocycles. The van der Waals surface area contributed by atoms with Crippen molar-refractivity contribution in [1.82, 2.24) is 5.32 Å². The third kappa shape index (κ3) is 4.00. The highest BCUT2D eigenvalue weighted by molar-refractivity contribution is 5.51. The molecule has 0 heterocycles. The molecule has 1 aromatic rings. The number of hydrogen-bond acceptors (Lipinski definition) is 3. The SMILES string of the molecule is CNCC=Cc1ccc(OCOC)cc1F. The Bertz CT molecular complexity index is 353. The lowest BCUT2D eigenvalue weighted by Gasteiger charge is -2.05. The average Bonchev–Trinajstić information content (AvgIpc) is 2.29. The zero-order valence-electron chi connectivity index (χ0n) is 9.50. The van der Waals surface area contributed by atoms with Gasteiger partial charge >= 0.3 is 0 Å². The molecule has 0 fully saturated rings. The zero-order chi connectivity index (χ0) is 11.8. The lowest BCUT2D eigenvalue weighted by Crippen LogP contribution is -2.03. The summed E-state index contributed by atoms with van der Waals surface area (Å²) >= 11 is 0. The third-order valence-electron chi connectivity index (χ3n) is 1.93. The molecule has 0 saturated heterocycles. The molecule has 1 aromatic carbocycles. The third-order valence-corrected chi connectivity index (χ3v) is 1.93. The van der Waals surface area contributed by atoms with Crippen LogP contribution in [0.2, 0.25) is 0 Å². The van der Waals surface area contributed by atoms with Crippen LogP contribution < -0.4 is 10.1 Å². The van der Waals surface area contributed by atoms with Crippen molar-refractivity contribution in [3.63, 3.8) is 0 Å². The first kappa shape index (κ1) is 12.7. The largest absolute Gasteiger partial charge is 0.467 e. The van der Waals surface area contributed by atoms with E-state index < -0.39 is 0 Å². The maximum atomic E-state index is 13.5. The summed E-state index contributed by atoms with van der Waals surface area (Å²) in [7, 11) is 3.35. The topological polar surface area (TPSA) is 30.5 Å². The second-order valence-corrected chi connectivity index (χ2v) is 3.19. The van der Waals surface area contributed by atoms with Gasteiger partial charge < -0.3 is 14.8 Å². The highest BCUT2D eigenvalue weighted by atomic mass is 19.1. The summed E-state index contributed by atoms with van der Waals surface area (Å²) in [5.41, 5.74) is 0.542. The highest BCUT2D eigenvalue weighted by Crippen LogP contribution is 2.17. The van der Waals surface area contributed by atoms with E-state index in [1.54, 1.807) is 18.2 Å². The molecule has 0 amide bonds. The maximum absolute atomic E-state index is 13.5. The van der Waals surface area contributed by atoms with Crippen LogP contribution in [0, 0.1) is 5.82 Å². The van der Waals surface area contributed by atoms with Crippen molar-refractivity contribution in [2.45, 2.75) is 0 Å². The lowest BCUT2D eigenvalue weighted by atomic mass is 10.2. The van der Waals surface area contributed by atoms with Gasteiger partial charge in [-0.2, -0.15) is 0 Å². The van der Waals surface area contributed by atoms with E-state index in [0.29, 0.717) is 17.9 Å². The van der Waals surface area contributed by atoms with Crippen LogP contribution in [0.1, 0.15) is 5.56 Å². The van der Waals surface area contributed by atoms with Crippen molar-refractivity contribution in [3.8, 4) is 5.75 Å². The number of benzene rings is 1. The van der Waals surface area contributed by atoms with Crippen molar-refractivity contribution in [1.29, 1.82) is 0 Å². The van der Waals surface area contributed by atoms with E-state index in [1.165, 1.54) is 13.2 Å². The van der Waals surface area contributed by atoms with Crippen LogP contribution in [0.3, 0.4) is 0 Å². The minimum Gasteiger partial charge on any atom is -0.467 e. The summed E-state index contributed by atoms with van der Waals surface area (Å²) in [4.78, 5) is 0. The molecular weight excluding hydrogens is 209 g/mol. The van der Waals surface area contributed by atoms with E-state index >= 15 is 0 Å². The van der Waals surface area contributed by atoms with Gasteiger partial charge in [0.05, 0.1) is 0 Å². The molecule has 0 aliphatic carbocycles. The smallest absolute Gasteiger partial charge is 0.188 e. The molecule has 0 aliphatic heterocycles. The number of methoxy groups -OCH3 is 1. The van der Waals surface area contributed by atoms with Gasteiger partial charge in [0.1, 0.15) is 11.6 Å². The Morgan fingerprint density at radius 3 is 2.88 bits per heavy atom. The summed E-state index contributed by atoms with van der Waals surface area (Å²) in [5.74, 6) is 0.158. The van der Waals surface area contributed by atoms with Gasteiger partial charge in [-0.15, -0.1) is 0 Å². The molecule has 0 bridgehead atoms. The van der Waals surface area contributed by atoms with Crippen molar-refractivity contribution in [2.24, 2.45) is 0 Å². The predicted molar refractivity (Wildman–Crippen MR) is 61.9 cm³/mol. The maximum Gasteiger partial charge on any atom is 0.188 e. The summed E-state index contributed by atoms with van der Waals surface area (Å²) in [6.45, 7) is 0.829. The Kier molecular flexibility index (Phi) is 5.53. The fourth-order valence-corrected chi connectivity index (χ4v) is 1.16. The van der Waals surface area contributed by atoms with Crippen molar-refractivity contribution in [2.75, 3.05) is 27.5 Å². The van der Waals surface area contributed by atoms with Gasteiger partial charge in [0, 0.05) is 25.3 Å². The molecule has 88 valence electrons. The first-order valence-electron chi connectivity index (χ1n) is 5.00. The van der Waals surface area contributed by atoms with Gasteiger partial charge in [-0.05, 0) is 19.2 Å². The molecule has 0 radical (unpaired) electrons. The summed E-state index contributed by atoms with van der Waals surface area (Å²) in [6.07, 6.45) is 3.58.